The van der Waals surface area contributed by atoms with Crippen molar-refractivity contribution in [3.8, 4) is 0 Å². The maximum Gasteiger partial charge on any atom is 0.327 e. The third-order valence-corrected chi connectivity index (χ3v) is 5.33. The summed E-state index contributed by atoms with van der Waals surface area (Å²) in [5.41, 5.74) is 1.19. The topological polar surface area (TPSA) is 82.2 Å². The Morgan fingerprint density at radius 1 is 1.18 bits per heavy atom. The molecule has 8 nitrogen and oxygen atoms in total. The molecular weight excluding hydrogens is 360 g/mol. The lowest BCUT2D eigenvalue weighted by Crippen LogP contribution is -2.50. The monoisotopic (exact) mass is 388 g/mol. The van der Waals surface area contributed by atoms with Crippen molar-refractivity contribution < 1.29 is 19.1 Å². The standard InChI is InChI=1S/C20H28N4O4/c1-28-14-13-23-18(25)15-24(20(23)27)17-8-11-22(12-9-17)19(26)21-10-7-16-5-3-2-4-6-16/h2-6,17H,7-15H2,1H3,(H,21,26). The molecule has 1 N–H and O–H groups in total. The van der Waals surface area contributed by atoms with Crippen LogP contribution < -0.4 is 5.32 Å². The number of likely N-dealkylation sites (tertiary alicyclic amines) is 1. The quantitative estimate of drug-likeness (QED) is 0.714. The summed E-state index contributed by atoms with van der Waals surface area (Å²) in [5.74, 6) is -0.178. The zero-order chi connectivity index (χ0) is 19.9. The number of imide groups is 1. The van der Waals surface area contributed by atoms with Crippen LogP contribution in [0.3, 0.4) is 0 Å². The highest BCUT2D eigenvalue weighted by Crippen LogP contribution is 2.22. The summed E-state index contributed by atoms with van der Waals surface area (Å²) in [6, 6.07) is 9.72. The highest BCUT2D eigenvalue weighted by molar-refractivity contribution is 6.02. The van der Waals surface area contributed by atoms with Crippen LogP contribution in [0.5, 0.6) is 0 Å². The van der Waals surface area contributed by atoms with E-state index in [1.54, 1.807) is 16.9 Å². The molecule has 1 aromatic carbocycles. The summed E-state index contributed by atoms with van der Waals surface area (Å²) in [6.45, 7) is 2.50. The highest BCUT2D eigenvalue weighted by Gasteiger charge is 2.40. The number of rotatable bonds is 7. The van der Waals surface area contributed by atoms with Crippen LogP contribution in [-0.2, 0) is 16.0 Å². The molecule has 0 radical (unpaired) electrons. The van der Waals surface area contributed by atoms with Crippen molar-refractivity contribution in [2.24, 2.45) is 0 Å². The molecule has 0 atom stereocenters. The number of piperidine rings is 1. The summed E-state index contributed by atoms with van der Waals surface area (Å²) in [5, 5.41) is 2.96. The Kier molecular flexibility index (Phi) is 6.86. The van der Waals surface area contributed by atoms with Gasteiger partial charge in [-0.05, 0) is 24.8 Å². The van der Waals surface area contributed by atoms with Crippen molar-refractivity contribution in [2.75, 3.05) is 46.4 Å². The Morgan fingerprint density at radius 3 is 2.57 bits per heavy atom. The van der Waals surface area contributed by atoms with Gasteiger partial charge in [0.15, 0.2) is 0 Å². The van der Waals surface area contributed by atoms with Crippen LogP contribution in [0, 0.1) is 0 Å². The summed E-state index contributed by atoms with van der Waals surface area (Å²) >= 11 is 0. The van der Waals surface area contributed by atoms with Gasteiger partial charge in [-0.1, -0.05) is 30.3 Å². The number of nitrogens with one attached hydrogen (secondary N) is 1. The van der Waals surface area contributed by atoms with Gasteiger partial charge in [-0.3, -0.25) is 9.69 Å². The Bertz CT molecular complexity index is 689. The van der Waals surface area contributed by atoms with Gasteiger partial charge in [-0.15, -0.1) is 0 Å². The number of hydrogen-bond donors (Lipinski definition) is 1. The Hall–Kier alpha value is -2.61. The minimum absolute atomic E-state index is 0.00244. The van der Waals surface area contributed by atoms with Crippen molar-refractivity contribution in [3.63, 3.8) is 0 Å². The van der Waals surface area contributed by atoms with Crippen molar-refractivity contribution in [1.82, 2.24) is 20.0 Å². The summed E-state index contributed by atoms with van der Waals surface area (Å²) in [6.07, 6.45) is 2.16. The molecule has 2 saturated heterocycles. The van der Waals surface area contributed by atoms with Crippen LogP contribution in [0.1, 0.15) is 18.4 Å². The second kappa shape index (κ2) is 9.54. The molecule has 152 valence electrons. The van der Waals surface area contributed by atoms with Gasteiger partial charge in [0.25, 0.3) is 0 Å². The van der Waals surface area contributed by atoms with Crippen LogP contribution in [0.2, 0.25) is 0 Å². The molecule has 1 aromatic rings. The number of amides is 5. The third-order valence-electron chi connectivity index (χ3n) is 5.33. The van der Waals surface area contributed by atoms with Gasteiger partial charge < -0.3 is 19.9 Å². The van der Waals surface area contributed by atoms with Crippen LogP contribution in [0.25, 0.3) is 0 Å². The van der Waals surface area contributed by atoms with Crippen LogP contribution in [-0.4, -0.2) is 85.2 Å². The molecule has 0 aromatic heterocycles. The number of methoxy groups -OCH3 is 1. The smallest absolute Gasteiger partial charge is 0.327 e. The molecule has 0 spiro atoms. The minimum Gasteiger partial charge on any atom is -0.383 e. The van der Waals surface area contributed by atoms with E-state index in [0.29, 0.717) is 39.1 Å². The zero-order valence-corrected chi connectivity index (χ0v) is 16.3. The second-order valence-electron chi connectivity index (χ2n) is 7.13. The largest absolute Gasteiger partial charge is 0.383 e. The lowest BCUT2D eigenvalue weighted by molar-refractivity contribution is -0.125. The van der Waals surface area contributed by atoms with E-state index in [4.69, 9.17) is 4.74 Å². The number of benzene rings is 1. The van der Waals surface area contributed by atoms with Gasteiger partial charge in [0.2, 0.25) is 5.91 Å². The van der Waals surface area contributed by atoms with E-state index in [0.717, 1.165) is 6.42 Å². The predicted octanol–water partition coefficient (Wildman–Crippen LogP) is 1.31. The Morgan fingerprint density at radius 2 is 1.89 bits per heavy atom. The molecule has 0 bridgehead atoms. The minimum atomic E-state index is -0.243. The van der Waals surface area contributed by atoms with E-state index in [9.17, 15) is 14.4 Å². The first-order valence-corrected chi connectivity index (χ1v) is 9.76. The molecule has 2 aliphatic rings. The molecule has 2 heterocycles. The predicted molar refractivity (Wildman–Crippen MR) is 104 cm³/mol. The van der Waals surface area contributed by atoms with Gasteiger partial charge in [0.1, 0.15) is 6.54 Å². The van der Waals surface area contributed by atoms with Gasteiger partial charge in [0, 0.05) is 32.8 Å². The zero-order valence-electron chi connectivity index (χ0n) is 16.3. The number of urea groups is 2. The first-order valence-electron chi connectivity index (χ1n) is 9.76. The molecule has 28 heavy (non-hydrogen) atoms. The van der Waals surface area contributed by atoms with Gasteiger partial charge in [0.05, 0.1) is 13.2 Å². The second-order valence-corrected chi connectivity index (χ2v) is 7.13. The number of ether oxygens (including phenoxy) is 1. The fraction of sp³-hybridized carbons (Fsp3) is 0.550. The average Bonchev–Trinajstić information content (AvgIpc) is 3.01. The van der Waals surface area contributed by atoms with E-state index in [2.05, 4.69) is 5.32 Å². The molecule has 2 fully saturated rings. The van der Waals surface area contributed by atoms with E-state index < -0.39 is 0 Å². The number of nitrogens with zero attached hydrogens (tertiary/aromatic N) is 3. The van der Waals surface area contributed by atoms with E-state index in [1.165, 1.54) is 10.5 Å². The molecule has 2 aliphatic heterocycles. The van der Waals surface area contributed by atoms with Crippen LogP contribution >= 0.6 is 0 Å². The summed E-state index contributed by atoms with van der Waals surface area (Å²) < 4.78 is 4.97. The first-order chi connectivity index (χ1) is 13.6. The molecule has 0 aliphatic carbocycles. The normalized spacial score (nSPS) is 18.1. The molecule has 0 unspecified atom stereocenters. The van der Waals surface area contributed by atoms with Gasteiger partial charge in [-0.25, -0.2) is 9.59 Å². The first kappa shape index (κ1) is 20.1. The molecule has 3 rings (SSSR count). The van der Waals surface area contributed by atoms with Gasteiger partial charge in [-0.2, -0.15) is 0 Å². The van der Waals surface area contributed by atoms with E-state index >= 15 is 0 Å². The van der Waals surface area contributed by atoms with Gasteiger partial charge >= 0.3 is 12.1 Å². The van der Waals surface area contributed by atoms with E-state index in [1.807, 2.05) is 30.3 Å². The third kappa shape index (κ3) is 4.81. The maximum absolute atomic E-state index is 12.5. The van der Waals surface area contributed by atoms with Crippen molar-refractivity contribution in [2.45, 2.75) is 25.3 Å². The SMILES string of the molecule is COCCN1C(=O)CN(C2CCN(C(=O)NCCc3ccccc3)CC2)C1=O. The molecular formula is C20H28N4O4. The van der Waals surface area contributed by atoms with Crippen molar-refractivity contribution in [3.05, 3.63) is 35.9 Å². The lowest BCUT2D eigenvalue weighted by Gasteiger charge is -2.36. The van der Waals surface area contributed by atoms with Crippen molar-refractivity contribution in [1.29, 1.82) is 0 Å². The Labute approximate surface area is 165 Å². The average molecular weight is 388 g/mol. The Balaban J connectivity index is 1.42. The fourth-order valence-electron chi connectivity index (χ4n) is 3.70. The summed E-state index contributed by atoms with van der Waals surface area (Å²) in [7, 11) is 1.55. The van der Waals surface area contributed by atoms with E-state index in [-0.39, 0.29) is 37.1 Å². The van der Waals surface area contributed by atoms with Crippen LogP contribution in [0.15, 0.2) is 30.3 Å². The number of hydrogen-bond acceptors (Lipinski definition) is 4. The number of carbonyl (C=O) groups is 3. The molecule has 5 amide bonds. The van der Waals surface area contributed by atoms with Crippen molar-refractivity contribution >= 4 is 18.0 Å². The fourth-order valence-corrected chi connectivity index (χ4v) is 3.70. The lowest BCUT2D eigenvalue weighted by atomic mass is 10.0. The molecule has 0 saturated carbocycles. The highest BCUT2D eigenvalue weighted by atomic mass is 16.5. The number of carbonyl (C=O) groups excluding carboxylic acids is 3. The van der Waals surface area contributed by atoms with Crippen LogP contribution in [0.4, 0.5) is 9.59 Å². The molecule has 8 heteroatoms. The maximum atomic E-state index is 12.5. The summed E-state index contributed by atoms with van der Waals surface area (Å²) in [4.78, 5) is 41.6.